The van der Waals surface area contributed by atoms with E-state index in [4.69, 9.17) is 69.6 Å². The summed E-state index contributed by atoms with van der Waals surface area (Å²) in [6, 6.07) is 9.72. The number of hydrogen-bond donors (Lipinski definition) is 2. The Morgan fingerprint density at radius 1 is 0.647 bits per heavy atom. The van der Waals surface area contributed by atoms with Crippen molar-refractivity contribution in [3.05, 3.63) is 59.7 Å². The lowest BCUT2D eigenvalue weighted by Crippen LogP contribution is -2.57. The second-order valence-electron chi connectivity index (χ2n) is 7.18. The third kappa shape index (κ3) is 7.20. The lowest BCUT2D eigenvalue weighted by Gasteiger charge is -2.29. The molecule has 0 spiro atoms. The van der Waals surface area contributed by atoms with E-state index in [1.165, 1.54) is 48.5 Å². The van der Waals surface area contributed by atoms with Gasteiger partial charge >= 0.3 is 6.03 Å². The first kappa shape index (κ1) is 29.6. The van der Waals surface area contributed by atoms with Crippen molar-refractivity contribution in [2.45, 2.75) is 42.0 Å². The molecule has 0 aliphatic carbocycles. The van der Waals surface area contributed by atoms with Crippen molar-refractivity contribution >= 4 is 95.3 Å². The van der Waals surface area contributed by atoms with Crippen molar-refractivity contribution in [2.24, 2.45) is 0 Å². The fraction of sp³-hybridized carbons (Fsp3) is 0.316. The molecule has 188 valence electrons. The van der Waals surface area contributed by atoms with Crippen LogP contribution in [-0.2, 0) is 19.7 Å². The number of benzene rings is 2. The van der Waals surface area contributed by atoms with E-state index < -0.39 is 44.0 Å². The summed E-state index contributed by atoms with van der Waals surface area (Å²) in [5.41, 5.74) is 1.53. The highest BCUT2D eigenvalue weighted by Crippen LogP contribution is 2.37. The van der Waals surface area contributed by atoms with E-state index in [1.807, 2.05) is 10.6 Å². The molecule has 2 rings (SSSR count). The highest BCUT2D eigenvalue weighted by atomic mass is 35.6. The molecule has 15 heteroatoms. The van der Waals surface area contributed by atoms with Crippen LogP contribution < -0.4 is 10.6 Å². The predicted molar refractivity (Wildman–Crippen MR) is 137 cm³/mol. The van der Waals surface area contributed by atoms with Crippen LogP contribution >= 0.6 is 69.6 Å². The number of halogens is 6. The van der Waals surface area contributed by atoms with Gasteiger partial charge in [0.2, 0.25) is 27.3 Å². The first-order valence-electron chi connectivity index (χ1n) is 9.18. The number of nitrogens with one attached hydrogen (secondary N) is 2. The van der Waals surface area contributed by atoms with E-state index in [-0.39, 0.29) is 9.79 Å². The predicted octanol–water partition coefficient (Wildman–Crippen LogP) is 5.24. The van der Waals surface area contributed by atoms with E-state index in [0.29, 0.717) is 0 Å². The Morgan fingerprint density at radius 2 is 0.912 bits per heavy atom. The van der Waals surface area contributed by atoms with Gasteiger partial charge in [0.05, 0.1) is 9.79 Å². The van der Waals surface area contributed by atoms with Crippen LogP contribution in [0.5, 0.6) is 0 Å². The summed E-state index contributed by atoms with van der Waals surface area (Å²) in [7, 11) is -8.90. The molecule has 34 heavy (non-hydrogen) atoms. The molecular formula is C19H18Cl6N2O5S2. The first-order valence-corrected chi connectivity index (χ1v) is 14.5. The van der Waals surface area contributed by atoms with Gasteiger partial charge in [-0.2, -0.15) is 0 Å². The first-order chi connectivity index (χ1) is 15.4. The highest BCUT2D eigenvalue weighted by Gasteiger charge is 2.48. The number of rotatable bonds is 6. The lowest BCUT2D eigenvalue weighted by atomic mass is 10.2. The van der Waals surface area contributed by atoms with Gasteiger partial charge in [-0.25, -0.2) is 21.6 Å². The number of sulfone groups is 2. The molecule has 0 bridgehead atoms. The second-order valence-corrected chi connectivity index (χ2v) is 16.0. The zero-order valence-corrected chi connectivity index (χ0v) is 23.6. The number of aryl methyl sites for hydroxylation is 2. The molecule has 0 saturated heterocycles. The molecule has 0 fully saturated rings. The number of alkyl halides is 6. The molecule has 0 saturated carbocycles. The van der Waals surface area contributed by atoms with Crippen molar-refractivity contribution in [3.8, 4) is 0 Å². The van der Waals surface area contributed by atoms with Crippen molar-refractivity contribution in [1.82, 2.24) is 10.6 Å². The van der Waals surface area contributed by atoms with E-state index in [0.717, 1.165) is 11.1 Å². The summed E-state index contributed by atoms with van der Waals surface area (Å²) < 4.78 is 47.2. The van der Waals surface area contributed by atoms with Gasteiger partial charge in [0.1, 0.15) is 0 Å². The normalized spacial score (nSPS) is 14.8. The Kier molecular flexibility index (Phi) is 9.36. The highest BCUT2D eigenvalue weighted by molar-refractivity contribution is 7.92. The monoisotopic (exact) mass is 628 g/mol. The summed E-state index contributed by atoms with van der Waals surface area (Å²) in [5, 5.41) is -0.296. The van der Waals surface area contributed by atoms with Gasteiger partial charge in [0.25, 0.3) is 0 Å². The Labute approximate surface area is 227 Å². The van der Waals surface area contributed by atoms with Crippen LogP contribution in [0.25, 0.3) is 0 Å². The quantitative estimate of drug-likeness (QED) is 0.424. The molecule has 0 heterocycles. The maximum absolute atomic E-state index is 13.1. The van der Waals surface area contributed by atoms with Gasteiger partial charge in [0.15, 0.2) is 10.7 Å². The number of carbonyl (C=O) groups is 1. The molecule has 7 nitrogen and oxygen atoms in total. The molecule has 2 atom stereocenters. The summed E-state index contributed by atoms with van der Waals surface area (Å²) in [4.78, 5) is 12.2. The van der Waals surface area contributed by atoms with Crippen molar-refractivity contribution in [3.63, 3.8) is 0 Å². The SMILES string of the molecule is Cc1ccc(S(=O)(=O)[C@H](NC(=O)N[C@H](C(Cl)(Cl)Cl)S(=O)(=O)c2ccc(C)cc2)C(Cl)(Cl)Cl)cc1. The Bertz CT molecular complexity index is 1140. The van der Waals surface area contributed by atoms with Crippen LogP contribution in [-0.4, -0.2) is 41.2 Å². The van der Waals surface area contributed by atoms with E-state index in [9.17, 15) is 21.6 Å². The number of amides is 2. The number of carbonyl (C=O) groups excluding carboxylic acids is 1. The van der Waals surface area contributed by atoms with Crippen LogP contribution in [0.15, 0.2) is 58.3 Å². The minimum Gasteiger partial charge on any atom is -0.317 e. The van der Waals surface area contributed by atoms with Crippen LogP contribution in [0.2, 0.25) is 0 Å². The molecule has 0 aliphatic rings. The second kappa shape index (κ2) is 10.8. The van der Waals surface area contributed by atoms with Gasteiger partial charge in [-0.3, -0.25) is 0 Å². The summed E-state index contributed by atoms with van der Waals surface area (Å²) in [5.74, 6) is 0. The summed E-state index contributed by atoms with van der Waals surface area (Å²) in [6.07, 6.45) is 0. The van der Waals surface area contributed by atoms with Crippen LogP contribution in [0.3, 0.4) is 0 Å². The van der Waals surface area contributed by atoms with Gasteiger partial charge < -0.3 is 10.6 Å². The molecule has 0 aromatic heterocycles. The molecule has 0 unspecified atom stereocenters. The fourth-order valence-electron chi connectivity index (χ4n) is 2.68. The molecule has 2 aromatic rings. The van der Waals surface area contributed by atoms with Crippen molar-refractivity contribution in [1.29, 1.82) is 0 Å². The number of urea groups is 1. The van der Waals surface area contributed by atoms with Gasteiger partial charge in [0, 0.05) is 0 Å². The Morgan fingerprint density at radius 3 is 1.15 bits per heavy atom. The van der Waals surface area contributed by atoms with Crippen molar-refractivity contribution in [2.75, 3.05) is 0 Å². The van der Waals surface area contributed by atoms with E-state index in [2.05, 4.69) is 0 Å². The average Bonchev–Trinajstić information content (AvgIpc) is 2.69. The molecule has 2 aromatic carbocycles. The molecule has 0 radical (unpaired) electrons. The minimum absolute atomic E-state index is 0.250. The molecule has 0 aliphatic heterocycles. The molecular weight excluding hydrogens is 613 g/mol. The van der Waals surface area contributed by atoms with E-state index >= 15 is 0 Å². The third-order valence-corrected chi connectivity index (χ3v) is 10.6. The maximum Gasteiger partial charge on any atom is 0.317 e. The minimum atomic E-state index is -4.45. The zero-order chi connectivity index (χ0) is 26.1. The van der Waals surface area contributed by atoms with Crippen LogP contribution in [0, 0.1) is 13.8 Å². The van der Waals surface area contributed by atoms with Crippen LogP contribution in [0.4, 0.5) is 4.79 Å². The zero-order valence-electron chi connectivity index (χ0n) is 17.4. The van der Waals surface area contributed by atoms with E-state index in [1.54, 1.807) is 13.8 Å². The van der Waals surface area contributed by atoms with Crippen molar-refractivity contribution < 1.29 is 21.6 Å². The Balaban J connectivity index is 2.40. The molecule has 2 amide bonds. The molecule has 2 N–H and O–H groups in total. The lowest BCUT2D eigenvalue weighted by molar-refractivity contribution is 0.238. The van der Waals surface area contributed by atoms with Gasteiger partial charge in [-0.1, -0.05) is 105 Å². The standard InChI is InChI=1S/C19H18Cl6N2O5S2/c1-11-3-7-13(8-4-11)33(29,30)15(18(20,21)22)26-17(28)27-16(19(23,24)25)34(31,32)14-9-5-12(2)6-10-14/h3-10,15-16H,1-2H3,(H2,26,27,28)/t15-,16-/m0/s1. The summed E-state index contributed by atoms with van der Waals surface area (Å²) >= 11 is 35.1. The topological polar surface area (TPSA) is 109 Å². The fourth-order valence-corrected chi connectivity index (χ4v) is 7.92. The number of hydrogen-bond acceptors (Lipinski definition) is 5. The van der Waals surface area contributed by atoms with Gasteiger partial charge in [-0.15, -0.1) is 0 Å². The van der Waals surface area contributed by atoms with Gasteiger partial charge in [-0.05, 0) is 38.1 Å². The average molecular weight is 631 g/mol. The Hall–Kier alpha value is -0.650. The smallest absolute Gasteiger partial charge is 0.317 e. The third-order valence-electron chi connectivity index (χ3n) is 4.44. The maximum atomic E-state index is 13.1. The van der Waals surface area contributed by atoms with Crippen LogP contribution in [0.1, 0.15) is 11.1 Å². The summed E-state index contributed by atoms with van der Waals surface area (Å²) in [6.45, 7) is 3.47. The largest absolute Gasteiger partial charge is 0.317 e.